The molecule has 0 saturated heterocycles. The number of carbonyl (C=O) groups excluding carboxylic acids is 2. The highest BCUT2D eigenvalue weighted by Crippen LogP contribution is 2.16. The van der Waals surface area contributed by atoms with Gasteiger partial charge >= 0.3 is 5.97 Å². The zero-order chi connectivity index (χ0) is 14.5. The molecule has 2 aromatic rings. The fourth-order valence-corrected chi connectivity index (χ4v) is 1.89. The van der Waals surface area contributed by atoms with Gasteiger partial charge in [-0.1, -0.05) is 18.2 Å². The van der Waals surface area contributed by atoms with Crippen LogP contribution in [0.4, 0.5) is 0 Å². The molecule has 5 nitrogen and oxygen atoms in total. The van der Waals surface area contributed by atoms with Crippen LogP contribution in [-0.2, 0) is 9.53 Å². The summed E-state index contributed by atoms with van der Waals surface area (Å²) in [6, 6.07) is 8.31. The standard InChI is InChI=1S/C15H16N2O3/c1-3-20-15(19)10(2)17-14(18)12-8-9-16-13-7-5-4-6-11(12)13/h4-10H,3H2,1-2H3,(H,17,18). The number of pyridine rings is 1. The lowest BCUT2D eigenvalue weighted by Crippen LogP contribution is -2.39. The molecule has 1 N–H and O–H groups in total. The smallest absolute Gasteiger partial charge is 0.328 e. The summed E-state index contributed by atoms with van der Waals surface area (Å²) < 4.78 is 4.86. The second-order valence-corrected chi connectivity index (χ2v) is 4.32. The van der Waals surface area contributed by atoms with Crippen molar-refractivity contribution in [1.82, 2.24) is 10.3 Å². The Morgan fingerprint density at radius 3 is 2.80 bits per heavy atom. The van der Waals surface area contributed by atoms with Crippen LogP contribution < -0.4 is 5.32 Å². The van der Waals surface area contributed by atoms with Crippen molar-refractivity contribution in [3.8, 4) is 0 Å². The third kappa shape index (κ3) is 2.93. The summed E-state index contributed by atoms with van der Waals surface area (Å²) in [6.07, 6.45) is 1.58. The SMILES string of the molecule is CCOC(=O)C(C)NC(=O)c1ccnc2ccccc12. The van der Waals surface area contributed by atoms with Gasteiger partial charge in [-0.2, -0.15) is 0 Å². The average molecular weight is 272 g/mol. The van der Waals surface area contributed by atoms with Crippen molar-refractivity contribution in [2.24, 2.45) is 0 Å². The second kappa shape index (κ2) is 6.14. The molecule has 0 aliphatic carbocycles. The van der Waals surface area contributed by atoms with E-state index in [9.17, 15) is 9.59 Å². The molecule has 1 unspecified atom stereocenters. The van der Waals surface area contributed by atoms with Gasteiger partial charge in [0.05, 0.1) is 17.7 Å². The third-order valence-corrected chi connectivity index (χ3v) is 2.88. The Balaban J connectivity index is 2.22. The minimum absolute atomic E-state index is 0.289. The van der Waals surface area contributed by atoms with Crippen molar-refractivity contribution >= 4 is 22.8 Å². The zero-order valence-electron chi connectivity index (χ0n) is 11.4. The van der Waals surface area contributed by atoms with Crippen LogP contribution in [0.3, 0.4) is 0 Å². The molecule has 1 heterocycles. The summed E-state index contributed by atoms with van der Waals surface area (Å²) in [5.41, 5.74) is 1.23. The monoisotopic (exact) mass is 272 g/mol. The van der Waals surface area contributed by atoms with Gasteiger partial charge in [0, 0.05) is 11.6 Å². The van der Waals surface area contributed by atoms with Crippen LogP contribution in [-0.4, -0.2) is 29.5 Å². The van der Waals surface area contributed by atoms with E-state index in [0.29, 0.717) is 5.56 Å². The largest absolute Gasteiger partial charge is 0.464 e. The number of fused-ring (bicyclic) bond motifs is 1. The van der Waals surface area contributed by atoms with Gasteiger partial charge in [-0.25, -0.2) is 4.79 Å². The first-order valence-electron chi connectivity index (χ1n) is 6.44. The van der Waals surface area contributed by atoms with Gasteiger partial charge in [-0.15, -0.1) is 0 Å². The molecule has 20 heavy (non-hydrogen) atoms. The second-order valence-electron chi connectivity index (χ2n) is 4.32. The van der Waals surface area contributed by atoms with Gasteiger partial charge < -0.3 is 10.1 Å². The summed E-state index contributed by atoms with van der Waals surface area (Å²) >= 11 is 0. The number of amides is 1. The highest BCUT2D eigenvalue weighted by atomic mass is 16.5. The molecule has 0 fully saturated rings. The quantitative estimate of drug-likeness (QED) is 0.863. The van der Waals surface area contributed by atoms with E-state index < -0.39 is 12.0 Å². The van der Waals surface area contributed by atoms with Gasteiger partial charge in [0.25, 0.3) is 5.91 Å². The fourth-order valence-electron chi connectivity index (χ4n) is 1.89. The van der Waals surface area contributed by atoms with E-state index in [1.165, 1.54) is 0 Å². The van der Waals surface area contributed by atoms with Crippen molar-refractivity contribution in [1.29, 1.82) is 0 Å². The van der Waals surface area contributed by atoms with Crippen LogP contribution in [0.1, 0.15) is 24.2 Å². The lowest BCUT2D eigenvalue weighted by molar-refractivity contribution is -0.144. The molecular formula is C15H16N2O3. The molecular weight excluding hydrogens is 256 g/mol. The Labute approximate surface area is 117 Å². The van der Waals surface area contributed by atoms with E-state index in [2.05, 4.69) is 10.3 Å². The van der Waals surface area contributed by atoms with Gasteiger partial charge in [-0.3, -0.25) is 9.78 Å². The minimum Gasteiger partial charge on any atom is -0.464 e. The number of benzene rings is 1. The van der Waals surface area contributed by atoms with Crippen molar-refractivity contribution in [3.63, 3.8) is 0 Å². The predicted octanol–water partition coefficient (Wildman–Crippen LogP) is 1.92. The normalized spacial score (nSPS) is 11.9. The molecule has 5 heteroatoms. The Morgan fingerprint density at radius 2 is 2.05 bits per heavy atom. The Kier molecular flexibility index (Phi) is 4.30. The number of esters is 1. The van der Waals surface area contributed by atoms with Gasteiger partial charge in [-0.05, 0) is 26.0 Å². The predicted molar refractivity (Wildman–Crippen MR) is 75.3 cm³/mol. The third-order valence-electron chi connectivity index (χ3n) is 2.88. The number of nitrogens with one attached hydrogen (secondary N) is 1. The van der Waals surface area contributed by atoms with Gasteiger partial charge in [0.1, 0.15) is 6.04 Å². The maximum atomic E-state index is 12.2. The number of para-hydroxylation sites is 1. The number of rotatable bonds is 4. The van der Waals surface area contributed by atoms with Crippen molar-refractivity contribution < 1.29 is 14.3 Å². The number of aromatic nitrogens is 1. The fraction of sp³-hybridized carbons (Fsp3) is 0.267. The topological polar surface area (TPSA) is 68.3 Å². The molecule has 1 amide bonds. The highest BCUT2D eigenvalue weighted by Gasteiger charge is 2.18. The molecule has 0 aliphatic rings. The van der Waals surface area contributed by atoms with E-state index in [4.69, 9.17) is 4.74 Å². The first kappa shape index (κ1) is 14.0. The highest BCUT2D eigenvalue weighted by molar-refractivity contribution is 6.06. The van der Waals surface area contributed by atoms with Gasteiger partial charge in [0.2, 0.25) is 0 Å². The minimum atomic E-state index is -0.686. The Bertz CT molecular complexity index is 635. The molecule has 1 atom stereocenters. The van der Waals surface area contributed by atoms with Crippen LogP contribution in [0.25, 0.3) is 10.9 Å². The summed E-state index contributed by atoms with van der Waals surface area (Å²) in [7, 11) is 0. The maximum absolute atomic E-state index is 12.2. The molecule has 1 aromatic carbocycles. The summed E-state index contributed by atoms with van der Waals surface area (Å²) in [4.78, 5) is 28.0. The maximum Gasteiger partial charge on any atom is 0.328 e. The van der Waals surface area contributed by atoms with Crippen LogP contribution in [0, 0.1) is 0 Å². The van der Waals surface area contributed by atoms with E-state index in [-0.39, 0.29) is 12.5 Å². The molecule has 0 saturated carbocycles. The summed E-state index contributed by atoms with van der Waals surface area (Å²) in [6.45, 7) is 3.61. The van der Waals surface area contributed by atoms with E-state index in [1.807, 2.05) is 24.3 Å². The van der Waals surface area contributed by atoms with Crippen LogP contribution in [0.5, 0.6) is 0 Å². The van der Waals surface area contributed by atoms with Crippen molar-refractivity contribution in [2.45, 2.75) is 19.9 Å². The molecule has 1 aromatic heterocycles. The first-order chi connectivity index (χ1) is 9.63. The Morgan fingerprint density at radius 1 is 1.30 bits per heavy atom. The molecule has 0 aliphatic heterocycles. The molecule has 0 radical (unpaired) electrons. The van der Waals surface area contributed by atoms with Crippen LogP contribution in [0.15, 0.2) is 36.5 Å². The number of hydrogen-bond donors (Lipinski definition) is 1. The van der Waals surface area contributed by atoms with Crippen molar-refractivity contribution in [3.05, 3.63) is 42.1 Å². The van der Waals surface area contributed by atoms with Gasteiger partial charge in [0.15, 0.2) is 0 Å². The summed E-state index contributed by atoms with van der Waals surface area (Å²) in [5, 5.41) is 3.38. The average Bonchev–Trinajstić information content (AvgIpc) is 2.46. The van der Waals surface area contributed by atoms with E-state index in [0.717, 1.165) is 10.9 Å². The van der Waals surface area contributed by atoms with Crippen LogP contribution >= 0.6 is 0 Å². The lowest BCUT2D eigenvalue weighted by Gasteiger charge is -2.13. The number of hydrogen-bond acceptors (Lipinski definition) is 4. The molecule has 0 spiro atoms. The molecule has 2 rings (SSSR count). The van der Waals surface area contributed by atoms with E-state index >= 15 is 0 Å². The number of carbonyl (C=O) groups is 2. The van der Waals surface area contributed by atoms with Crippen molar-refractivity contribution in [2.75, 3.05) is 6.61 Å². The molecule has 0 bridgehead atoms. The lowest BCUT2D eigenvalue weighted by atomic mass is 10.1. The molecule has 104 valence electrons. The van der Waals surface area contributed by atoms with E-state index in [1.54, 1.807) is 26.1 Å². The summed E-state index contributed by atoms with van der Waals surface area (Å²) in [5.74, 6) is -0.761. The Hall–Kier alpha value is -2.43. The first-order valence-corrected chi connectivity index (χ1v) is 6.44. The zero-order valence-corrected chi connectivity index (χ0v) is 11.4. The number of ether oxygens (including phenoxy) is 1. The van der Waals surface area contributed by atoms with Crippen LogP contribution in [0.2, 0.25) is 0 Å². The number of nitrogens with zero attached hydrogens (tertiary/aromatic N) is 1.